The van der Waals surface area contributed by atoms with Gasteiger partial charge in [0.1, 0.15) is 6.29 Å². The van der Waals surface area contributed by atoms with E-state index in [4.69, 9.17) is 4.79 Å². The SMILES string of the molecule is NCC=O.O. The summed E-state index contributed by atoms with van der Waals surface area (Å²) in [5.41, 5.74) is 4.66. The Morgan fingerprint density at radius 1 is 1.80 bits per heavy atom. The summed E-state index contributed by atoms with van der Waals surface area (Å²) in [5.74, 6) is 0. The van der Waals surface area contributed by atoms with Gasteiger partial charge in [-0.25, -0.2) is 0 Å². The van der Waals surface area contributed by atoms with Crippen molar-refractivity contribution in [3.8, 4) is 0 Å². The van der Waals surface area contributed by atoms with Crippen molar-refractivity contribution in [3.63, 3.8) is 0 Å². The molecular weight excluding hydrogens is 70.0 g/mol. The molecule has 0 aromatic heterocycles. The molecule has 0 bridgehead atoms. The van der Waals surface area contributed by atoms with Crippen molar-refractivity contribution in [2.24, 2.45) is 5.73 Å². The third-order valence-corrected chi connectivity index (χ3v) is 0.0962. The number of carbonyl (C=O) groups is 1. The minimum Gasteiger partial charge on any atom is -0.412 e. The quantitative estimate of drug-likeness (QED) is 0.379. The van der Waals surface area contributed by atoms with Crippen LogP contribution in [0, 0.1) is 0 Å². The molecular formula is C2H7NO2. The minimum atomic E-state index is 0. The second kappa shape index (κ2) is 9.53. The van der Waals surface area contributed by atoms with Crippen molar-refractivity contribution in [2.75, 3.05) is 6.54 Å². The van der Waals surface area contributed by atoms with E-state index in [0.717, 1.165) is 0 Å². The molecule has 0 amide bonds. The Morgan fingerprint density at radius 3 is 2.00 bits per heavy atom. The average molecular weight is 77.1 g/mol. The molecule has 0 aromatic carbocycles. The Labute approximate surface area is 30.1 Å². The molecule has 0 heterocycles. The lowest BCUT2D eigenvalue weighted by Gasteiger charge is -1.55. The molecule has 0 atom stereocenters. The Balaban J connectivity index is 0. The fourth-order valence-corrected chi connectivity index (χ4v) is 0. The van der Waals surface area contributed by atoms with E-state index >= 15 is 0 Å². The highest BCUT2D eigenvalue weighted by Gasteiger charge is 1.51. The summed E-state index contributed by atoms with van der Waals surface area (Å²) in [6.45, 7) is 0.139. The first-order valence-corrected chi connectivity index (χ1v) is 1.05. The van der Waals surface area contributed by atoms with E-state index in [0.29, 0.717) is 6.29 Å². The van der Waals surface area contributed by atoms with Crippen LogP contribution in [-0.4, -0.2) is 18.3 Å². The molecule has 4 N–H and O–H groups in total. The predicted molar refractivity (Wildman–Crippen MR) is 18.7 cm³/mol. The van der Waals surface area contributed by atoms with Gasteiger partial charge in [-0.05, 0) is 0 Å². The van der Waals surface area contributed by atoms with E-state index in [-0.39, 0.29) is 12.0 Å². The highest BCUT2D eigenvalue weighted by Crippen LogP contribution is 1.18. The van der Waals surface area contributed by atoms with Gasteiger partial charge >= 0.3 is 0 Å². The monoisotopic (exact) mass is 77.0 g/mol. The number of rotatable bonds is 1. The molecule has 0 saturated carbocycles. The molecule has 0 aromatic rings. The first-order chi connectivity index (χ1) is 1.91. The molecule has 3 nitrogen and oxygen atoms in total. The molecule has 0 aliphatic rings. The van der Waals surface area contributed by atoms with Crippen LogP contribution in [0.4, 0.5) is 0 Å². The van der Waals surface area contributed by atoms with Crippen LogP contribution in [0.3, 0.4) is 0 Å². The molecule has 5 heavy (non-hydrogen) atoms. The molecule has 0 radical (unpaired) electrons. The van der Waals surface area contributed by atoms with E-state index in [9.17, 15) is 0 Å². The van der Waals surface area contributed by atoms with E-state index in [1.54, 1.807) is 0 Å². The Kier molecular flexibility index (Phi) is 16.8. The second-order valence-electron chi connectivity index (χ2n) is 0.402. The summed E-state index contributed by atoms with van der Waals surface area (Å²) in [6.07, 6.45) is 0.653. The number of nitrogens with two attached hydrogens (primary N) is 1. The molecule has 0 spiro atoms. The molecule has 0 aliphatic carbocycles. The smallest absolute Gasteiger partial charge is 0.133 e. The Bertz CT molecular complexity index is 21.6. The predicted octanol–water partition coefficient (Wildman–Crippen LogP) is -1.68. The first-order valence-electron chi connectivity index (χ1n) is 1.05. The molecule has 0 saturated heterocycles. The molecule has 32 valence electrons. The molecule has 0 fully saturated rings. The number of carbonyl (C=O) groups excluding carboxylic acids is 1. The lowest BCUT2D eigenvalue weighted by Crippen LogP contribution is -1.97. The third kappa shape index (κ3) is 26.1. The topological polar surface area (TPSA) is 74.6 Å². The first kappa shape index (κ1) is 8.82. The van der Waals surface area contributed by atoms with Crippen LogP contribution in [0.2, 0.25) is 0 Å². The van der Waals surface area contributed by atoms with Crippen molar-refractivity contribution in [2.45, 2.75) is 0 Å². The summed E-state index contributed by atoms with van der Waals surface area (Å²) in [6, 6.07) is 0. The lowest BCUT2D eigenvalue weighted by atomic mass is 10.8. The van der Waals surface area contributed by atoms with Crippen LogP contribution in [0.5, 0.6) is 0 Å². The molecule has 3 heteroatoms. The van der Waals surface area contributed by atoms with Gasteiger partial charge in [0.25, 0.3) is 0 Å². The van der Waals surface area contributed by atoms with Gasteiger partial charge in [0.2, 0.25) is 0 Å². The average Bonchev–Trinajstić information content (AvgIpc) is 1.37. The number of hydrogen-bond donors (Lipinski definition) is 1. The molecule has 0 unspecified atom stereocenters. The highest BCUT2D eigenvalue weighted by atomic mass is 16.1. The molecule has 0 rings (SSSR count). The van der Waals surface area contributed by atoms with Crippen molar-refractivity contribution in [1.29, 1.82) is 0 Å². The lowest BCUT2D eigenvalue weighted by molar-refractivity contribution is -0.106. The fourth-order valence-electron chi connectivity index (χ4n) is 0. The minimum absolute atomic E-state index is 0. The standard InChI is InChI=1S/C2H5NO.H2O/c3-1-2-4;/h2H,1,3H2;1H2. The normalized spacial score (nSPS) is 5.00. The van der Waals surface area contributed by atoms with Gasteiger partial charge in [-0.15, -0.1) is 0 Å². The van der Waals surface area contributed by atoms with Crippen molar-refractivity contribution < 1.29 is 10.3 Å². The van der Waals surface area contributed by atoms with Gasteiger partial charge in [-0.1, -0.05) is 0 Å². The number of hydrogen-bond acceptors (Lipinski definition) is 2. The van der Waals surface area contributed by atoms with Crippen molar-refractivity contribution in [3.05, 3.63) is 0 Å². The van der Waals surface area contributed by atoms with E-state index in [1.165, 1.54) is 0 Å². The van der Waals surface area contributed by atoms with Gasteiger partial charge in [-0.2, -0.15) is 0 Å². The van der Waals surface area contributed by atoms with Gasteiger partial charge in [0.15, 0.2) is 0 Å². The zero-order valence-electron chi connectivity index (χ0n) is 2.77. The van der Waals surface area contributed by atoms with Crippen LogP contribution < -0.4 is 5.73 Å². The highest BCUT2D eigenvalue weighted by molar-refractivity contribution is 5.51. The van der Waals surface area contributed by atoms with Crippen LogP contribution in [-0.2, 0) is 4.79 Å². The maximum Gasteiger partial charge on any atom is 0.133 e. The van der Waals surface area contributed by atoms with Gasteiger partial charge < -0.3 is 16.0 Å². The third-order valence-electron chi connectivity index (χ3n) is 0.0962. The van der Waals surface area contributed by atoms with Crippen LogP contribution in [0.1, 0.15) is 0 Å². The Hall–Kier alpha value is -0.410. The maximum absolute atomic E-state index is 9.05. The van der Waals surface area contributed by atoms with Crippen LogP contribution >= 0.6 is 0 Å². The van der Waals surface area contributed by atoms with Gasteiger partial charge in [0.05, 0.1) is 0 Å². The molecule has 0 aliphatic heterocycles. The summed E-state index contributed by atoms with van der Waals surface area (Å²) in [7, 11) is 0. The number of aldehydes is 1. The maximum atomic E-state index is 9.05. The largest absolute Gasteiger partial charge is 0.412 e. The van der Waals surface area contributed by atoms with Crippen LogP contribution in [0.25, 0.3) is 0 Å². The van der Waals surface area contributed by atoms with Gasteiger partial charge in [0, 0.05) is 6.54 Å². The van der Waals surface area contributed by atoms with Crippen molar-refractivity contribution in [1.82, 2.24) is 0 Å². The summed E-state index contributed by atoms with van der Waals surface area (Å²) in [4.78, 5) is 9.05. The zero-order chi connectivity index (χ0) is 3.41. The van der Waals surface area contributed by atoms with E-state index < -0.39 is 0 Å². The summed E-state index contributed by atoms with van der Waals surface area (Å²) in [5, 5.41) is 0. The second-order valence-corrected chi connectivity index (χ2v) is 0.402. The van der Waals surface area contributed by atoms with Crippen molar-refractivity contribution >= 4 is 6.29 Å². The zero-order valence-corrected chi connectivity index (χ0v) is 2.77. The summed E-state index contributed by atoms with van der Waals surface area (Å²) >= 11 is 0. The van der Waals surface area contributed by atoms with E-state index in [2.05, 4.69) is 5.73 Å². The van der Waals surface area contributed by atoms with E-state index in [1.807, 2.05) is 0 Å². The summed E-state index contributed by atoms with van der Waals surface area (Å²) < 4.78 is 0. The van der Waals surface area contributed by atoms with Gasteiger partial charge in [-0.3, -0.25) is 0 Å². The Morgan fingerprint density at radius 2 is 2.00 bits per heavy atom. The van der Waals surface area contributed by atoms with Crippen LogP contribution in [0.15, 0.2) is 0 Å². The fraction of sp³-hybridized carbons (Fsp3) is 0.500.